The minimum atomic E-state index is -1.86. The van der Waals surface area contributed by atoms with Crippen molar-refractivity contribution >= 4 is 42.9 Å². The minimum Gasteiger partial charge on any atom is -0.479 e. The predicted octanol–water partition coefficient (Wildman–Crippen LogP) is -3.41. The van der Waals surface area contributed by atoms with Crippen molar-refractivity contribution in [3.05, 3.63) is 0 Å². The van der Waals surface area contributed by atoms with Gasteiger partial charge in [0.15, 0.2) is 6.29 Å². The lowest BCUT2D eigenvalue weighted by atomic mass is 10.4. The average Bonchev–Trinajstić information content (AvgIpc) is 2.39. The van der Waals surface area contributed by atoms with Gasteiger partial charge in [-0.05, 0) is 0 Å². The molecule has 0 aliphatic carbocycles. The van der Waals surface area contributed by atoms with Gasteiger partial charge in [-0.25, -0.2) is 14.4 Å². The molecule has 4 N–H and O–H groups in total. The van der Waals surface area contributed by atoms with Crippen LogP contribution in [0.2, 0.25) is 0 Å². The smallest absolute Gasteiger partial charge is 0.373 e. The van der Waals surface area contributed by atoms with Crippen LogP contribution in [0.1, 0.15) is 0 Å². The van der Waals surface area contributed by atoms with Crippen molar-refractivity contribution < 1.29 is 58.8 Å². The van der Waals surface area contributed by atoms with Gasteiger partial charge in [-0.3, -0.25) is 14.4 Å². The lowest BCUT2D eigenvalue weighted by Crippen LogP contribution is -2.20. The molecule has 0 heterocycles. The molecule has 12 nitrogen and oxygen atoms in total. The van der Waals surface area contributed by atoms with E-state index in [0.717, 1.165) is 0 Å². The number of aliphatic carboxylic acids is 3. The van der Waals surface area contributed by atoms with Crippen LogP contribution >= 0.6 is 0 Å². The summed E-state index contributed by atoms with van der Waals surface area (Å²) >= 11 is 0. The number of carbonyl (C=O) groups excluding carboxylic acids is 5. The molecular weight excluding hydrogens is 288 g/mol. The summed E-state index contributed by atoms with van der Waals surface area (Å²) in [5, 5.41) is 30.4. The summed E-state index contributed by atoms with van der Waals surface area (Å²) < 4.78 is 0. The van der Waals surface area contributed by atoms with E-state index in [1.165, 1.54) is 0 Å². The molecule has 0 fully saturated rings. The van der Waals surface area contributed by atoms with E-state index in [9.17, 15) is 9.59 Å². The Labute approximate surface area is 109 Å². The van der Waals surface area contributed by atoms with Gasteiger partial charge >= 0.3 is 24.1 Å². The maximum Gasteiger partial charge on any atom is 0.373 e. The molecule has 0 saturated carbocycles. The summed E-state index contributed by atoms with van der Waals surface area (Å²) in [6.07, 6.45) is -2.00. The van der Waals surface area contributed by atoms with Crippen LogP contribution in [0.4, 0.5) is 0 Å². The number of hydrogen-bond donors (Lipinski definition) is 4. The Morgan fingerprint density at radius 1 is 0.850 bits per heavy atom. The molecule has 0 aliphatic rings. The van der Waals surface area contributed by atoms with Crippen molar-refractivity contribution in [2.75, 3.05) is 0 Å². The zero-order valence-corrected chi connectivity index (χ0v) is 9.36. The zero-order valence-electron chi connectivity index (χ0n) is 9.36. The summed E-state index contributed by atoms with van der Waals surface area (Å²) in [6, 6.07) is 0. The van der Waals surface area contributed by atoms with Crippen LogP contribution in [0.5, 0.6) is 0 Å². The van der Waals surface area contributed by atoms with E-state index in [1.54, 1.807) is 0 Å². The Bertz CT molecular complexity index is 346. The molecule has 1 atom stereocenters. The molecular formula is C8H8O12. The van der Waals surface area contributed by atoms with Crippen molar-refractivity contribution in [1.82, 2.24) is 0 Å². The van der Waals surface area contributed by atoms with E-state index in [2.05, 4.69) is 0 Å². The fourth-order valence-electron chi connectivity index (χ4n) is 0.0582. The van der Waals surface area contributed by atoms with E-state index in [-0.39, 0.29) is 25.0 Å². The molecule has 0 aromatic heterocycles. The molecule has 0 radical (unpaired) electrons. The summed E-state index contributed by atoms with van der Waals surface area (Å²) in [5.74, 6) is -4.37. The Kier molecular flexibility index (Phi) is 27.0. The van der Waals surface area contributed by atoms with Gasteiger partial charge in [0, 0.05) is 0 Å². The van der Waals surface area contributed by atoms with E-state index < -0.39 is 24.0 Å². The third-order valence-corrected chi connectivity index (χ3v) is 0.584. The topological polar surface area (TPSA) is 217 Å². The number of rotatable bonds is 4. The first-order valence-corrected chi connectivity index (χ1v) is 3.86. The number of carboxylic acids is 3. The molecule has 0 aromatic carbocycles. The molecule has 12 heteroatoms. The second-order valence-corrected chi connectivity index (χ2v) is 1.91. The molecule has 20 heavy (non-hydrogen) atoms. The van der Waals surface area contributed by atoms with Crippen molar-refractivity contribution in [1.29, 1.82) is 0 Å². The Hall–Kier alpha value is -3.24. The standard InChI is InChI=1S/C3H4O4.2C2H2O3.CO2/c4-1-2(5)3(6)7;2*3-1-2(4)5;2-1-3/h1-2,5H,(H,6,7);2*1H,(H,4,5);. The Balaban J connectivity index is -0.0000000890. The fraction of sp³-hybridized carbons (Fsp3) is 0.125. The SMILES string of the molecule is O=C=O.O=CC(=O)O.O=CC(=O)O.O=CC(O)C(=O)O. The highest BCUT2D eigenvalue weighted by molar-refractivity contribution is 6.19. The van der Waals surface area contributed by atoms with Crippen molar-refractivity contribution in [3.8, 4) is 0 Å². The van der Waals surface area contributed by atoms with Crippen LogP contribution in [0, 0.1) is 0 Å². The highest BCUT2D eigenvalue weighted by atomic mass is 16.4. The van der Waals surface area contributed by atoms with Gasteiger partial charge in [0.25, 0.3) is 0 Å². The first kappa shape index (κ1) is 25.6. The van der Waals surface area contributed by atoms with Crippen LogP contribution < -0.4 is 0 Å². The number of aliphatic hydroxyl groups excluding tert-OH is 1. The van der Waals surface area contributed by atoms with Gasteiger partial charge in [0.2, 0.25) is 18.7 Å². The summed E-state index contributed by atoms with van der Waals surface area (Å²) in [5.41, 5.74) is 0. The third-order valence-electron chi connectivity index (χ3n) is 0.584. The van der Waals surface area contributed by atoms with Crippen molar-refractivity contribution in [3.63, 3.8) is 0 Å². The summed E-state index contributed by atoms with van der Waals surface area (Å²) in [6.45, 7) is 0. The summed E-state index contributed by atoms with van der Waals surface area (Å²) in [4.78, 5) is 70.8. The van der Waals surface area contributed by atoms with E-state index in [0.29, 0.717) is 0 Å². The third kappa shape index (κ3) is 61.2. The Morgan fingerprint density at radius 2 is 1.05 bits per heavy atom. The maximum absolute atomic E-state index is 9.45. The molecule has 0 bridgehead atoms. The van der Waals surface area contributed by atoms with Gasteiger partial charge in [0.05, 0.1) is 0 Å². The van der Waals surface area contributed by atoms with Gasteiger partial charge in [-0.1, -0.05) is 0 Å². The van der Waals surface area contributed by atoms with Gasteiger partial charge < -0.3 is 20.4 Å². The van der Waals surface area contributed by atoms with Crippen LogP contribution in [0.25, 0.3) is 0 Å². The normalized spacial score (nSPS) is 8.05. The van der Waals surface area contributed by atoms with Crippen LogP contribution in [-0.2, 0) is 38.4 Å². The van der Waals surface area contributed by atoms with E-state index in [1.807, 2.05) is 0 Å². The molecule has 112 valence electrons. The number of aldehydes is 3. The van der Waals surface area contributed by atoms with E-state index in [4.69, 9.17) is 49.2 Å². The van der Waals surface area contributed by atoms with Gasteiger partial charge in [-0.15, -0.1) is 0 Å². The van der Waals surface area contributed by atoms with Gasteiger partial charge in [0.1, 0.15) is 0 Å². The molecule has 0 aromatic rings. The molecule has 1 unspecified atom stereocenters. The van der Waals surface area contributed by atoms with Crippen molar-refractivity contribution in [2.24, 2.45) is 0 Å². The minimum absolute atomic E-state index is 0.0532. The molecule has 0 spiro atoms. The molecule has 0 amide bonds. The average molecular weight is 296 g/mol. The largest absolute Gasteiger partial charge is 0.479 e. The number of aliphatic hydroxyl groups is 1. The Morgan fingerprint density at radius 3 is 1.05 bits per heavy atom. The van der Waals surface area contributed by atoms with Crippen LogP contribution in [0.3, 0.4) is 0 Å². The zero-order chi connectivity index (χ0) is 17.1. The number of carbonyl (C=O) groups is 6. The fourth-order valence-corrected chi connectivity index (χ4v) is 0.0582. The molecule has 0 saturated heterocycles. The molecule has 0 aliphatic heterocycles. The highest BCUT2D eigenvalue weighted by Crippen LogP contribution is 1.71. The monoisotopic (exact) mass is 296 g/mol. The van der Waals surface area contributed by atoms with Crippen LogP contribution in [-0.4, -0.2) is 69.4 Å². The summed E-state index contributed by atoms with van der Waals surface area (Å²) in [7, 11) is 0. The number of hydrogen-bond acceptors (Lipinski definition) is 9. The van der Waals surface area contributed by atoms with Gasteiger partial charge in [-0.2, -0.15) is 9.59 Å². The first-order valence-electron chi connectivity index (χ1n) is 3.86. The van der Waals surface area contributed by atoms with Crippen LogP contribution in [0.15, 0.2) is 0 Å². The number of carboxylic acid groups (broad SMARTS) is 3. The van der Waals surface area contributed by atoms with Crippen molar-refractivity contribution in [2.45, 2.75) is 6.10 Å². The second kappa shape index (κ2) is 21.1. The predicted molar refractivity (Wildman–Crippen MR) is 52.1 cm³/mol. The lowest BCUT2D eigenvalue weighted by molar-refractivity contribution is -0.191. The lowest BCUT2D eigenvalue weighted by Gasteiger charge is -1.88. The maximum atomic E-state index is 9.45. The quantitative estimate of drug-likeness (QED) is 0.226. The second-order valence-electron chi connectivity index (χ2n) is 1.91. The molecule has 0 rings (SSSR count). The van der Waals surface area contributed by atoms with E-state index >= 15 is 0 Å². The first-order chi connectivity index (χ1) is 9.14. The highest BCUT2D eigenvalue weighted by Gasteiger charge is 2.08.